The molecule has 8 nitrogen and oxygen atoms in total. The first-order chi connectivity index (χ1) is 17.1. The number of carbonyl (C=O) groups excluding carboxylic acids is 1. The lowest BCUT2D eigenvalue weighted by Crippen LogP contribution is -2.51. The zero-order valence-corrected chi connectivity index (χ0v) is 20.4. The lowest BCUT2D eigenvalue weighted by atomic mass is 9.96. The number of morpholine rings is 1. The van der Waals surface area contributed by atoms with Crippen LogP contribution < -0.4 is 10.6 Å². The maximum Gasteiger partial charge on any atom is 0.318 e. The number of amides is 2. The molecule has 0 spiro atoms. The SMILES string of the molecule is O=C(N[C@H](c1ccc(F)c(Cl)c1)[C@H]1CNCCO1)N1CCc2cnc(CC3CCOCC3)nc2C1. The molecule has 2 saturated heterocycles. The summed E-state index contributed by atoms with van der Waals surface area (Å²) >= 11 is 6.05. The smallest absolute Gasteiger partial charge is 0.318 e. The molecule has 0 bridgehead atoms. The fraction of sp³-hybridized carbons (Fsp3) is 0.560. The maximum atomic E-state index is 13.8. The lowest BCUT2D eigenvalue weighted by molar-refractivity contribution is 0.00492. The molecule has 2 N–H and O–H groups in total. The summed E-state index contributed by atoms with van der Waals surface area (Å²) in [5.74, 6) is 0.877. The monoisotopic (exact) mass is 503 g/mol. The van der Waals surface area contributed by atoms with Crippen molar-refractivity contribution >= 4 is 17.6 Å². The second-order valence-corrected chi connectivity index (χ2v) is 9.81. The zero-order chi connectivity index (χ0) is 24.2. The summed E-state index contributed by atoms with van der Waals surface area (Å²) < 4.78 is 25.2. The Morgan fingerprint density at radius 2 is 2.17 bits per heavy atom. The number of nitrogens with zero attached hydrogens (tertiary/aromatic N) is 3. The number of aromatic nitrogens is 2. The largest absolute Gasteiger partial charge is 0.381 e. The number of ether oxygens (including phenoxy) is 2. The van der Waals surface area contributed by atoms with Gasteiger partial charge in [-0.25, -0.2) is 19.2 Å². The molecule has 2 amide bonds. The summed E-state index contributed by atoms with van der Waals surface area (Å²) in [6, 6.07) is 3.84. The van der Waals surface area contributed by atoms with Crippen molar-refractivity contribution in [2.24, 2.45) is 5.92 Å². The highest BCUT2D eigenvalue weighted by atomic mass is 35.5. The van der Waals surface area contributed by atoms with Crippen LogP contribution in [0.5, 0.6) is 0 Å². The van der Waals surface area contributed by atoms with Crippen molar-refractivity contribution < 1.29 is 18.7 Å². The number of fused-ring (bicyclic) bond motifs is 1. The van der Waals surface area contributed by atoms with Gasteiger partial charge in [-0.1, -0.05) is 17.7 Å². The minimum Gasteiger partial charge on any atom is -0.381 e. The summed E-state index contributed by atoms with van der Waals surface area (Å²) in [5, 5.41) is 6.43. The van der Waals surface area contributed by atoms with E-state index in [9.17, 15) is 9.18 Å². The molecule has 0 unspecified atom stereocenters. The van der Waals surface area contributed by atoms with Gasteiger partial charge in [-0.15, -0.1) is 0 Å². The van der Waals surface area contributed by atoms with Gasteiger partial charge < -0.3 is 25.0 Å². The minimum atomic E-state index is -0.493. The molecule has 10 heteroatoms. The van der Waals surface area contributed by atoms with Gasteiger partial charge in [0.2, 0.25) is 0 Å². The lowest BCUT2D eigenvalue weighted by Gasteiger charge is -2.35. The first-order valence-electron chi connectivity index (χ1n) is 12.3. The number of hydrogen-bond acceptors (Lipinski definition) is 6. The van der Waals surface area contributed by atoms with Gasteiger partial charge >= 0.3 is 6.03 Å². The average Bonchev–Trinajstić information content (AvgIpc) is 2.89. The number of nitrogens with one attached hydrogen (secondary N) is 2. The summed E-state index contributed by atoms with van der Waals surface area (Å²) in [7, 11) is 0. The van der Waals surface area contributed by atoms with Crippen molar-refractivity contribution in [1.29, 1.82) is 0 Å². The van der Waals surface area contributed by atoms with Crippen LogP contribution >= 0.6 is 11.6 Å². The standard InChI is InChI=1S/C25H31ClFN5O3/c26-19-12-17(1-2-20(19)27)24(22-14-28-6-10-35-22)31-25(33)32-7-3-18-13-29-23(30-21(18)15-32)11-16-4-8-34-9-5-16/h1-2,12-13,16,22,24,28H,3-11,14-15H2,(H,31,33)/t22-,24-/m1/s1. The minimum absolute atomic E-state index is 0.0196. The summed E-state index contributed by atoms with van der Waals surface area (Å²) in [4.78, 5) is 24.5. The molecule has 2 atom stereocenters. The Morgan fingerprint density at radius 3 is 2.94 bits per heavy atom. The van der Waals surface area contributed by atoms with E-state index in [4.69, 9.17) is 26.1 Å². The van der Waals surface area contributed by atoms with Crippen LogP contribution in [-0.4, -0.2) is 66.5 Å². The molecule has 5 rings (SSSR count). The Bertz CT molecular complexity index is 1050. The predicted octanol–water partition coefficient (Wildman–Crippen LogP) is 3.04. The van der Waals surface area contributed by atoms with E-state index in [0.29, 0.717) is 44.1 Å². The number of halogens is 2. The van der Waals surface area contributed by atoms with E-state index in [1.807, 2.05) is 6.20 Å². The topological polar surface area (TPSA) is 88.6 Å². The van der Waals surface area contributed by atoms with E-state index in [0.717, 1.165) is 56.1 Å². The molecule has 2 fully saturated rings. The van der Waals surface area contributed by atoms with Crippen LogP contribution in [0.15, 0.2) is 24.4 Å². The molecule has 3 aliphatic heterocycles. The highest BCUT2D eigenvalue weighted by Crippen LogP contribution is 2.26. The maximum absolute atomic E-state index is 13.8. The van der Waals surface area contributed by atoms with Crippen LogP contribution in [0.25, 0.3) is 0 Å². The molecule has 35 heavy (non-hydrogen) atoms. The van der Waals surface area contributed by atoms with Crippen LogP contribution in [0.1, 0.15) is 41.5 Å². The van der Waals surface area contributed by atoms with Crippen LogP contribution in [0.2, 0.25) is 5.02 Å². The highest BCUT2D eigenvalue weighted by Gasteiger charge is 2.31. The van der Waals surface area contributed by atoms with Gasteiger partial charge in [0, 0.05) is 45.5 Å². The van der Waals surface area contributed by atoms with Crippen LogP contribution in [-0.2, 0) is 28.9 Å². The molecule has 0 saturated carbocycles. The molecule has 1 aromatic carbocycles. The second-order valence-electron chi connectivity index (χ2n) is 9.40. The van der Waals surface area contributed by atoms with Gasteiger partial charge in [-0.05, 0) is 48.4 Å². The Kier molecular flexibility index (Phi) is 7.77. The number of rotatable bonds is 5. The first-order valence-corrected chi connectivity index (χ1v) is 12.7. The van der Waals surface area contributed by atoms with Gasteiger partial charge in [-0.3, -0.25) is 0 Å². The molecule has 3 aliphatic rings. The van der Waals surface area contributed by atoms with E-state index in [1.54, 1.807) is 17.0 Å². The van der Waals surface area contributed by atoms with Crippen LogP contribution in [0.3, 0.4) is 0 Å². The van der Waals surface area contributed by atoms with Crippen molar-refractivity contribution in [2.75, 3.05) is 39.5 Å². The molecule has 0 radical (unpaired) electrons. The first kappa shape index (κ1) is 24.4. The van der Waals surface area contributed by atoms with Crippen LogP contribution in [0.4, 0.5) is 9.18 Å². The number of hydrogen-bond donors (Lipinski definition) is 2. The quantitative estimate of drug-likeness (QED) is 0.652. The van der Waals surface area contributed by atoms with Gasteiger partial charge in [-0.2, -0.15) is 0 Å². The Balaban J connectivity index is 1.29. The number of urea groups is 1. The summed E-state index contributed by atoms with van der Waals surface area (Å²) in [5.41, 5.74) is 2.70. The average molecular weight is 504 g/mol. The number of carbonyl (C=O) groups is 1. The van der Waals surface area contributed by atoms with E-state index in [2.05, 4.69) is 15.6 Å². The second kappa shape index (κ2) is 11.2. The molecule has 1 aromatic heterocycles. The Morgan fingerprint density at radius 1 is 1.31 bits per heavy atom. The molecule has 4 heterocycles. The molecule has 2 aromatic rings. The molecular weight excluding hydrogens is 473 g/mol. The van der Waals surface area contributed by atoms with Crippen LogP contribution in [0, 0.1) is 11.7 Å². The summed E-state index contributed by atoms with van der Waals surface area (Å²) in [6.07, 6.45) is 5.22. The van der Waals surface area contributed by atoms with E-state index in [1.165, 1.54) is 6.07 Å². The predicted molar refractivity (Wildman–Crippen MR) is 129 cm³/mol. The van der Waals surface area contributed by atoms with Crippen molar-refractivity contribution in [2.45, 2.75) is 44.4 Å². The van der Waals surface area contributed by atoms with E-state index in [-0.39, 0.29) is 17.2 Å². The van der Waals surface area contributed by atoms with Crippen molar-refractivity contribution in [3.05, 3.63) is 57.9 Å². The Hall–Kier alpha value is -2.33. The normalized spacial score (nSPS) is 21.9. The van der Waals surface area contributed by atoms with E-state index < -0.39 is 11.9 Å². The van der Waals surface area contributed by atoms with Gasteiger partial charge in [0.1, 0.15) is 11.6 Å². The number of benzene rings is 1. The fourth-order valence-corrected chi connectivity index (χ4v) is 5.13. The van der Waals surface area contributed by atoms with Crippen molar-refractivity contribution in [3.63, 3.8) is 0 Å². The fourth-order valence-electron chi connectivity index (χ4n) is 4.95. The third-order valence-electron chi connectivity index (χ3n) is 7.00. The third-order valence-corrected chi connectivity index (χ3v) is 7.29. The highest BCUT2D eigenvalue weighted by molar-refractivity contribution is 6.30. The van der Waals surface area contributed by atoms with Crippen molar-refractivity contribution in [1.82, 2.24) is 25.5 Å². The zero-order valence-electron chi connectivity index (χ0n) is 19.6. The van der Waals surface area contributed by atoms with Gasteiger partial charge in [0.15, 0.2) is 0 Å². The van der Waals surface area contributed by atoms with Gasteiger partial charge in [0.05, 0.1) is 36.0 Å². The van der Waals surface area contributed by atoms with Crippen molar-refractivity contribution in [3.8, 4) is 0 Å². The summed E-state index contributed by atoms with van der Waals surface area (Å²) in [6.45, 7) is 4.45. The molecular formula is C25H31ClFN5O3. The molecule has 0 aliphatic carbocycles. The van der Waals surface area contributed by atoms with E-state index >= 15 is 0 Å². The Labute approximate surface area is 209 Å². The van der Waals surface area contributed by atoms with Gasteiger partial charge in [0.25, 0.3) is 0 Å². The third kappa shape index (κ3) is 5.91. The molecule has 188 valence electrons.